The van der Waals surface area contributed by atoms with E-state index >= 15 is 0 Å². The van der Waals surface area contributed by atoms with E-state index in [9.17, 15) is 4.79 Å². The van der Waals surface area contributed by atoms with Crippen molar-refractivity contribution < 1.29 is 4.79 Å². The number of benzene rings is 1. The van der Waals surface area contributed by atoms with Gasteiger partial charge in [-0.3, -0.25) is 4.79 Å². The highest BCUT2D eigenvalue weighted by atomic mass is 16.1. The van der Waals surface area contributed by atoms with Crippen LogP contribution < -0.4 is 10.6 Å². The second-order valence-corrected chi connectivity index (χ2v) is 6.23. The Morgan fingerprint density at radius 3 is 2.48 bits per heavy atom. The zero-order chi connectivity index (χ0) is 15.1. The molecule has 1 fully saturated rings. The van der Waals surface area contributed by atoms with E-state index in [-0.39, 0.29) is 5.91 Å². The van der Waals surface area contributed by atoms with E-state index < -0.39 is 0 Å². The number of aryl methyl sites for hydroxylation is 2. The van der Waals surface area contributed by atoms with E-state index in [1.54, 1.807) is 0 Å². The van der Waals surface area contributed by atoms with Crippen molar-refractivity contribution in [3.8, 4) is 0 Å². The third kappa shape index (κ3) is 5.41. The Balaban J connectivity index is 1.69. The van der Waals surface area contributed by atoms with Gasteiger partial charge in [-0.2, -0.15) is 0 Å². The SMILES string of the molecule is Cc1ccc(NCCC(=O)NC2CCCCCC2)cc1C. The fraction of sp³-hybridized carbons (Fsp3) is 0.611. The van der Waals surface area contributed by atoms with Crippen molar-refractivity contribution in [3.63, 3.8) is 0 Å². The molecule has 0 spiro atoms. The smallest absolute Gasteiger partial charge is 0.221 e. The number of rotatable bonds is 5. The summed E-state index contributed by atoms with van der Waals surface area (Å²) in [5.74, 6) is 0.179. The highest BCUT2D eigenvalue weighted by Gasteiger charge is 2.14. The lowest BCUT2D eigenvalue weighted by atomic mass is 10.1. The second kappa shape index (κ2) is 8.06. The normalized spacial score (nSPS) is 16.3. The van der Waals surface area contributed by atoms with E-state index in [1.807, 2.05) is 0 Å². The van der Waals surface area contributed by atoms with Gasteiger partial charge in [0.05, 0.1) is 0 Å². The summed E-state index contributed by atoms with van der Waals surface area (Å²) in [5, 5.41) is 6.52. The van der Waals surface area contributed by atoms with Crippen LogP contribution in [0.1, 0.15) is 56.1 Å². The highest BCUT2D eigenvalue weighted by molar-refractivity contribution is 5.76. The van der Waals surface area contributed by atoms with Gasteiger partial charge in [-0.05, 0) is 49.9 Å². The van der Waals surface area contributed by atoms with E-state index in [0.29, 0.717) is 19.0 Å². The van der Waals surface area contributed by atoms with Crippen LogP contribution in [0, 0.1) is 13.8 Å². The lowest BCUT2D eigenvalue weighted by Crippen LogP contribution is -2.35. The number of hydrogen-bond donors (Lipinski definition) is 2. The van der Waals surface area contributed by atoms with Crippen molar-refractivity contribution in [2.24, 2.45) is 0 Å². The first-order valence-electron chi connectivity index (χ1n) is 8.25. The van der Waals surface area contributed by atoms with Crippen molar-refractivity contribution in [1.82, 2.24) is 5.32 Å². The first-order valence-corrected chi connectivity index (χ1v) is 8.25. The molecule has 3 nitrogen and oxygen atoms in total. The minimum atomic E-state index is 0.179. The molecule has 3 heteroatoms. The van der Waals surface area contributed by atoms with Gasteiger partial charge < -0.3 is 10.6 Å². The molecule has 1 aromatic carbocycles. The largest absolute Gasteiger partial charge is 0.385 e. The van der Waals surface area contributed by atoms with Crippen LogP contribution in [-0.2, 0) is 4.79 Å². The summed E-state index contributed by atoms with van der Waals surface area (Å²) >= 11 is 0. The van der Waals surface area contributed by atoms with Gasteiger partial charge in [-0.1, -0.05) is 31.7 Å². The molecule has 2 rings (SSSR count). The first-order chi connectivity index (χ1) is 10.1. The minimum absolute atomic E-state index is 0.179. The zero-order valence-corrected chi connectivity index (χ0v) is 13.4. The molecule has 21 heavy (non-hydrogen) atoms. The molecule has 0 heterocycles. The Hall–Kier alpha value is -1.51. The third-order valence-electron chi connectivity index (χ3n) is 4.41. The monoisotopic (exact) mass is 288 g/mol. The molecule has 0 unspecified atom stereocenters. The van der Waals surface area contributed by atoms with Gasteiger partial charge in [0.15, 0.2) is 0 Å². The Morgan fingerprint density at radius 1 is 1.10 bits per heavy atom. The standard InChI is InChI=1S/C18H28N2O/c1-14-9-10-17(13-15(14)2)19-12-11-18(21)20-16-7-5-3-4-6-8-16/h9-10,13,16,19H,3-8,11-12H2,1-2H3,(H,20,21). The molecule has 1 aliphatic rings. The summed E-state index contributed by atoms with van der Waals surface area (Å²) in [4.78, 5) is 12.0. The lowest BCUT2D eigenvalue weighted by molar-refractivity contribution is -0.121. The number of nitrogens with one attached hydrogen (secondary N) is 2. The molecule has 1 saturated carbocycles. The molecule has 0 aromatic heterocycles. The van der Waals surface area contributed by atoms with Crippen molar-refractivity contribution in [3.05, 3.63) is 29.3 Å². The average Bonchev–Trinajstić information content (AvgIpc) is 2.71. The maximum absolute atomic E-state index is 12.0. The van der Waals surface area contributed by atoms with Crippen LogP contribution in [0.25, 0.3) is 0 Å². The first kappa shape index (κ1) is 15.9. The van der Waals surface area contributed by atoms with Crippen molar-refractivity contribution in [2.75, 3.05) is 11.9 Å². The Labute approximate surface area is 128 Å². The highest BCUT2D eigenvalue weighted by Crippen LogP contribution is 2.17. The number of carbonyl (C=O) groups is 1. The Kier molecular flexibility index (Phi) is 6.09. The van der Waals surface area contributed by atoms with Crippen LogP contribution in [0.5, 0.6) is 0 Å². The molecule has 116 valence electrons. The third-order valence-corrected chi connectivity index (χ3v) is 4.41. The van der Waals surface area contributed by atoms with Crippen LogP contribution >= 0.6 is 0 Å². The van der Waals surface area contributed by atoms with E-state index in [0.717, 1.165) is 18.5 Å². The van der Waals surface area contributed by atoms with Gasteiger partial charge in [0.2, 0.25) is 5.91 Å². The zero-order valence-electron chi connectivity index (χ0n) is 13.4. The number of anilines is 1. The van der Waals surface area contributed by atoms with E-state index in [2.05, 4.69) is 42.7 Å². The molecule has 0 atom stereocenters. The molecule has 1 amide bonds. The van der Waals surface area contributed by atoms with Crippen molar-refractivity contribution in [1.29, 1.82) is 0 Å². The molecule has 2 N–H and O–H groups in total. The quantitative estimate of drug-likeness (QED) is 0.806. The van der Waals surface area contributed by atoms with Crippen LogP contribution in [0.15, 0.2) is 18.2 Å². The van der Waals surface area contributed by atoms with Gasteiger partial charge in [0, 0.05) is 24.7 Å². The Bertz CT molecular complexity index is 462. The second-order valence-electron chi connectivity index (χ2n) is 6.23. The van der Waals surface area contributed by atoms with Gasteiger partial charge in [0.25, 0.3) is 0 Å². The predicted molar refractivity (Wildman–Crippen MR) is 88.7 cm³/mol. The van der Waals surface area contributed by atoms with E-state index in [4.69, 9.17) is 0 Å². The van der Waals surface area contributed by atoms with Crippen molar-refractivity contribution in [2.45, 2.75) is 64.8 Å². The van der Waals surface area contributed by atoms with Gasteiger partial charge in [-0.15, -0.1) is 0 Å². The summed E-state index contributed by atoms with van der Waals surface area (Å²) in [6, 6.07) is 6.73. The molecule has 0 radical (unpaired) electrons. The summed E-state index contributed by atoms with van der Waals surface area (Å²) in [6.45, 7) is 4.92. The molecule has 0 aliphatic heterocycles. The number of hydrogen-bond acceptors (Lipinski definition) is 2. The summed E-state index contributed by atoms with van der Waals surface area (Å²) < 4.78 is 0. The summed E-state index contributed by atoms with van der Waals surface area (Å²) in [7, 11) is 0. The maximum atomic E-state index is 12.0. The molecular formula is C18H28N2O. The molecule has 0 saturated heterocycles. The van der Waals surface area contributed by atoms with Gasteiger partial charge in [-0.25, -0.2) is 0 Å². The number of amides is 1. The topological polar surface area (TPSA) is 41.1 Å². The van der Waals surface area contributed by atoms with Crippen LogP contribution in [0.2, 0.25) is 0 Å². The molecule has 1 aromatic rings. The van der Waals surface area contributed by atoms with E-state index in [1.165, 1.54) is 36.8 Å². The van der Waals surface area contributed by atoms with Crippen LogP contribution in [0.4, 0.5) is 5.69 Å². The predicted octanol–water partition coefficient (Wildman–Crippen LogP) is 3.94. The fourth-order valence-electron chi connectivity index (χ4n) is 2.90. The summed E-state index contributed by atoms with van der Waals surface area (Å²) in [6.07, 6.45) is 8.00. The van der Waals surface area contributed by atoms with Gasteiger partial charge in [0.1, 0.15) is 0 Å². The molecular weight excluding hydrogens is 260 g/mol. The van der Waals surface area contributed by atoms with Gasteiger partial charge >= 0.3 is 0 Å². The van der Waals surface area contributed by atoms with Crippen molar-refractivity contribution >= 4 is 11.6 Å². The van der Waals surface area contributed by atoms with Crippen LogP contribution in [0.3, 0.4) is 0 Å². The maximum Gasteiger partial charge on any atom is 0.221 e. The lowest BCUT2D eigenvalue weighted by Gasteiger charge is -2.16. The summed E-state index contributed by atoms with van der Waals surface area (Å²) in [5.41, 5.74) is 3.68. The minimum Gasteiger partial charge on any atom is -0.385 e. The average molecular weight is 288 g/mol. The fourth-order valence-corrected chi connectivity index (χ4v) is 2.90. The van der Waals surface area contributed by atoms with Crippen LogP contribution in [-0.4, -0.2) is 18.5 Å². The molecule has 0 bridgehead atoms. The molecule has 1 aliphatic carbocycles. The Morgan fingerprint density at radius 2 is 1.81 bits per heavy atom. The number of carbonyl (C=O) groups excluding carboxylic acids is 1.